The molecule has 4 atom stereocenters. The average Bonchev–Trinajstić information content (AvgIpc) is 3.04. The third-order valence-corrected chi connectivity index (χ3v) is 3.74. The van der Waals surface area contributed by atoms with Crippen LogP contribution < -0.4 is 5.73 Å². The van der Waals surface area contributed by atoms with Gasteiger partial charge in [0.15, 0.2) is 0 Å². The van der Waals surface area contributed by atoms with Gasteiger partial charge in [-0.25, -0.2) is 0 Å². The second kappa shape index (κ2) is 5.54. The van der Waals surface area contributed by atoms with E-state index in [0.29, 0.717) is 31.2 Å². The van der Waals surface area contributed by atoms with Gasteiger partial charge in [0, 0.05) is 12.0 Å². The summed E-state index contributed by atoms with van der Waals surface area (Å²) in [5.41, 5.74) is 5.73. The Balaban J connectivity index is 1.52. The lowest BCUT2D eigenvalue weighted by atomic mass is 10.1. The molecule has 2 heterocycles. The van der Waals surface area contributed by atoms with Gasteiger partial charge in [-0.3, -0.25) is 4.74 Å². The van der Waals surface area contributed by atoms with Crippen LogP contribution in [-0.2, 0) is 9.47 Å². The van der Waals surface area contributed by atoms with Crippen molar-refractivity contribution in [2.75, 3.05) is 13.2 Å². The molecule has 1 saturated heterocycles. The molecular formula is C12H16F3N3O3. The summed E-state index contributed by atoms with van der Waals surface area (Å²) in [4.78, 5) is 0. The van der Waals surface area contributed by atoms with Gasteiger partial charge in [0.05, 0.1) is 13.2 Å². The van der Waals surface area contributed by atoms with Gasteiger partial charge in [-0.1, -0.05) is 0 Å². The van der Waals surface area contributed by atoms with E-state index in [1.165, 1.54) is 0 Å². The molecule has 0 amide bonds. The summed E-state index contributed by atoms with van der Waals surface area (Å²) in [6.45, 7) is 0.0640. The Morgan fingerprint density at radius 2 is 2.00 bits per heavy atom. The number of nitrogens with zero attached hydrogens (tertiary/aromatic N) is 2. The highest BCUT2D eigenvalue weighted by atomic mass is 19.4. The van der Waals surface area contributed by atoms with E-state index in [4.69, 9.17) is 14.9 Å². The minimum atomic E-state index is -4.60. The number of alkyl halides is 3. The lowest BCUT2D eigenvalue weighted by Gasteiger charge is -2.24. The molecule has 21 heavy (non-hydrogen) atoms. The number of ether oxygens (including phenoxy) is 2. The van der Waals surface area contributed by atoms with Crippen molar-refractivity contribution in [3.63, 3.8) is 0 Å². The minimum Gasteiger partial charge on any atom is -0.422 e. The normalized spacial score (nSPS) is 33.1. The smallest absolute Gasteiger partial charge is 0.422 e. The third kappa shape index (κ3) is 3.72. The molecule has 1 saturated carbocycles. The van der Waals surface area contributed by atoms with E-state index in [1.54, 1.807) is 0 Å². The standard InChI is InChI=1S/C12H16F3N3O3/c13-12(14,15)20-4-6-3-8(6)10-17-18-11(21-10)9-2-1-7(16)5-19-9/h6-9H,1-5,16H2/t6-,7+,8+,9-/m0/s1. The van der Waals surface area contributed by atoms with Crippen LogP contribution in [0.1, 0.15) is 43.1 Å². The van der Waals surface area contributed by atoms with Crippen LogP contribution >= 0.6 is 0 Å². The molecule has 0 radical (unpaired) electrons. The summed E-state index contributed by atoms with van der Waals surface area (Å²) in [5.74, 6) is 0.360. The first-order valence-corrected chi connectivity index (χ1v) is 6.83. The number of halogens is 3. The van der Waals surface area contributed by atoms with E-state index in [-0.39, 0.29) is 30.6 Å². The van der Waals surface area contributed by atoms with Crippen molar-refractivity contribution >= 4 is 0 Å². The van der Waals surface area contributed by atoms with E-state index in [0.717, 1.165) is 6.42 Å². The predicted octanol–water partition coefficient (Wildman–Crippen LogP) is 1.89. The summed E-state index contributed by atoms with van der Waals surface area (Å²) in [6, 6.07) is 0.0240. The highest BCUT2D eigenvalue weighted by Crippen LogP contribution is 2.48. The van der Waals surface area contributed by atoms with E-state index in [1.807, 2.05) is 0 Å². The number of hydrogen-bond acceptors (Lipinski definition) is 6. The van der Waals surface area contributed by atoms with Crippen molar-refractivity contribution in [3.8, 4) is 0 Å². The first-order chi connectivity index (χ1) is 9.92. The molecule has 6 nitrogen and oxygen atoms in total. The number of hydrogen-bond donors (Lipinski definition) is 1. The summed E-state index contributed by atoms with van der Waals surface area (Å²) < 4.78 is 50.7. The van der Waals surface area contributed by atoms with Gasteiger partial charge in [0.25, 0.3) is 0 Å². The largest absolute Gasteiger partial charge is 0.522 e. The Morgan fingerprint density at radius 1 is 1.24 bits per heavy atom. The van der Waals surface area contributed by atoms with Gasteiger partial charge in [-0.15, -0.1) is 23.4 Å². The maximum atomic E-state index is 12.0. The maximum absolute atomic E-state index is 12.0. The van der Waals surface area contributed by atoms with Crippen LogP contribution in [0, 0.1) is 5.92 Å². The van der Waals surface area contributed by atoms with Gasteiger partial charge in [0.2, 0.25) is 11.8 Å². The molecule has 1 aromatic heterocycles. The molecule has 0 aromatic carbocycles. The molecule has 3 rings (SSSR count). The quantitative estimate of drug-likeness (QED) is 0.914. The van der Waals surface area contributed by atoms with Crippen LogP contribution in [0.4, 0.5) is 13.2 Å². The van der Waals surface area contributed by atoms with Gasteiger partial charge in [-0.05, 0) is 25.2 Å². The fourth-order valence-electron chi connectivity index (χ4n) is 2.43. The highest BCUT2D eigenvalue weighted by molar-refractivity contribution is 5.07. The summed E-state index contributed by atoms with van der Waals surface area (Å²) in [6.07, 6.45) is -2.78. The Kier molecular flexibility index (Phi) is 3.89. The lowest BCUT2D eigenvalue weighted by Crippen LogP contribution is -2.32. The highest BCUT2D eigenvalue weighted by Gasteiger charge is 2.45. The van der Waals surface area contributed by atoms with Crippen LogP contribution in [0.3, 0.4) is 0 Å². The second-order valence-corrected chi connectivity index (χ2v) is 5.50. The molecule has 0 spiro atoms. The first-order valence-electron chi connectivity index (χ1n) is 6.83. The van der Waals surface area contributed by atoms with Gasteiger partial charge < -0.3 is 14.9 Å². The molecule has 118 valence electrons. The summed E-state index contributed by atoms with van der Waals surface area (Å²) in [5, 5.41) is 7.83. The number of aromatic nitrogens is 2. The van der Waals surface area contributed by atoms with E-state index in [2.05, 4.69) is 14.9 Å². The Labute approximate surface area is 118 Å². The third-order valence-electron chi connectivity index (χ3n) is 3.74. The van der Waals surface area contributed by atoms with Gasteiger partial charge >= 0.3 is 6.36 Å². The topological polar surface area (TPSA) is 83.4 Å². The molecular weight excluding hydrogens is 291 g/mol. The van der Waals surface area contributed by atoms with E-state index < -0.39 is 6.36 Å². The zero-order valence-electron chi connectivity index (χ0n) is 11.2. The summed E-state index contributed by atoms with van der Waals surface area (Å²) >= 11 is 0. The van der Waals surface area contributed by atoms with Crippen LogP contribution in [0.15, 0.2) is 4.42 Å². The molecule has 1 aromatic rings. The summed E-state index contributed by atoms with van der Waals surface area (Å²) in [7, 11) is 0. The number of rotatable bonds is 4. The first kappa shape index (κ1) is 14.7. The molecule has 0 bridgehead atoms. The Morgan fingerprint density at radius 3 is 2.67 bits per heavy atom. The van der Waals surface area contributed by atoms with E-state index >= 15 is 0 Å². The molecule has 2 aliphatic rings. The SMILES string of the molecule is N[C@@H]1CC[C@@H](c2nnc([C@@H]3C[C@H]3COC(F)(F)F)o2)OC1. The maximum Gasteiger partial charge on any atom is 0.522 e. The van der Waals surface area contributed by atoms with Crippen molar-refractivity contribution in [3.05, 3.63) is 11.8 Å². The second-order valence-electron chi connectivity index (χ2n) is 5.50. The van der Waals surface area contributed by atoms with E-state index in [9.17, 15) is 13.2 Å². The molecule has 2 N–H and O–H groups in total. The van der Waals surface area contributed by atoms with Crippen molar-refractivity contribution in [1.82, 2.24) is 10.2 Å². The van der Waals surface area contributed by atoms with Gasteiger partial charge in [0.1, 0.15) is 6.10 Å². The monoisotopic (exact) mass is 307 g/mol. The van der Waals surface area contributed by atoms with Gasteiger partial charge in [-0.2, -0.15) is 0 Å². The van der Waals surface area contributed by atoms with Crippen LogP contribution in [-0.4, -0.2) is 35.8 Å². The van der Waals surface area contributed by atoms with Crippen molar-refractivity contribution in [2.45, 2.75) is 43.7 Å². The Bertz CT molecular complexity index is 486. The molecule has 0 unspecified atom stereocenters. The van der Waals surface area contributed by atoms with Crippen LogP contribution in [0.2, 0.25) is 0 Å². The molecule has 1 aliphatic heterocycles. The lowest BCUT2D eigenvalue weighted by molar-refractivity contribution is -0.326. The zero-order chi connectivity index (χ0) is 15.0. The predicted molar refractivity (Wildman–Crippen MR) is 63.1 cm³/mol. The molecule has 2 fully saturated rings. The molecule has 9 heteroatoms. The zero-order valence-corrected chi connectivity index (χ0v) is 11.2. The van der Waals surface area contributed by atoms with Crippen LogP contribution in [0.5, 0.6) is 0 Å². The fourth-order valence-corrected chi connectivity index (χ4v) is 2.43. The van der Waals surface area contributed by atoms with Crippen molar-refractivity contribution in [2.24, 2.45) is 11.7 Å². The average molecular weight is 307 g/mol. The minimum absolute atomic E-state index is 0.0240. The molecule has 1 aliphatic carbocycles. The fraction of sp³-hybridized carbons (Fsp3) is 0.833. The Hall–Kier alpha value is -1.19. The van der Waals surface area contributed by atoms with Crippen molar-refractivity contribution < 1.29 is 27.1 Å². The number of nitrogens with two attached hydrogens (primary N) is 1. The van der Waals surface area contributed by atoms with Crippen LogP contribution in [0.25, 0.3) is 0 Å². The van der Waals surface area contributed by atoms with Crippen molar-refractivity contribution in [1.29, 1.82) is 0 Å².